The van der Waals surface area contributed by atoms with Crippen LogP contribution in [0.25, 0.3) is 5.57 Å². The van der Waals surface area contributed by atoms with Crippen LogP contribution in [-0.4, -0.2) is 52.8 Å². The Labute approximate surface area is 200 Å². The molecule has 0 saturated heterocycles. The third kappa shape index (κ3) is 4.22. The van der Waals surface area contributed by atoms with Crippen LogP contribution in [0.3, 0.4) is 0 Å². The van der Waals surface area contributed by atoms with Crippen LogP contribution in [-0.2, 0) is 20.9 Å². The number of hydrogen-bond donors (Lipinski definition) is 3. The highest BCUT2D eigenvalue weighted by atomic mass is 16.5. The van der Waals surface area contributed by atoms with Crippen molar-refractivity contribution < 1.29 is 24.2 Å². The Morgan fingerprint density at radius 3 is 2.44 bits per heavy atom. The van der Waals surface area contributed by atoms with Gasteiger partial charge in [-0.3, -0.25) is 4.79 Å². The second kappa shape index (κ2) is 9.11. The van der Waals surface area contributed by atoms with Crippen molar-refractivity contribution in [2.24, 2.45) is 5.92 Å². The molecule has 2 heterocycles. The van der Waals surface area contributed by atoms with Gasteiger partial charge in [0.2, 0.25) is 5.91 Å². The molecular weight excluding hydrogens is 436 g/mol. The Kier molecular flexibility index (Phi) is 6.52. The average molecular weight is 472 g/mol. The highest BCUT2D eigenvalue weighted by molar-refractivity contribution is 6.21. The summed E-state index contributed by atoms with van der Waals surface area (Å²) in [4.78, 5) is 42.8. The van der Waals surface area contributed by atoms with Crippen molar-refractivity contribution in [3.05, 3.63) is 29.6 Å². The van der Waals surface area contributed by atoms with Gasteiger partial charge in [-0.1, -0.05) is 12.8 Å². The number of carbonyl (C=O) groups excluding carboxylic acids is 2. The molecule has 0 bridgehead atoms. The summed E-state index contributed by atoms with van der Waals surface area (Å²) >= 11 is 0. The molecule has 9 heteroatoms. The summed E-state index contributed by atoms with van der Waals surface area (Å²) in [6.07, 6.45) is 8.22. The number of ether oxygens (including phenoxy) is 1. The molecule has 184 valence electrons. The number of esters is 1. The maximum atomic E-state index is 13.0. The van der Waals surface area contributed by atoms with Crippen LogP contribution >= 0.6 is 0 Å². The molecule has 0 spiro atoms. The van der Waals surface area contributed by atoms with Crippen LogP contribution in [0.15, 0.2) is 18.5 Å². The van der Waals surface area contributed by atoms with Gasteiger partial charge >= 0.3 is 12.1 Å². The molecule has 2 saturated carbocycles. The molecule has 4 rings (SSSR count). The molecule has 2 amide bonds. The van der Waals surface area contributed by atoms with Gasteiger partial charge in [0.15, 0.2) is 0 Å². The van der Waals surface area contributed by atoms with E-state index < -0.39 is 22.1 Å². The molecule has 2 atom stereocenters. The first kappa shape index (κ1) is 24.3. The molecule has 0 radical (unpaired) electrons. The highest BCUT2D eigenvalue weighted by Crippen LogP contribution is 2.46. The Bertz CT molecular complexity index is 1020. The number of methoxy groups -OCH3 is 1. The number of fused-ring (bicyclic) bond motifs is 1. The Balaban J connectivity index is 1.66. The average Bonchev–Trinajstić information content (AvgIpc) is 3.34. The smallest absolute Gasteiger partial charge is 0.465 e. The standard InChI is InChI=1S/C25H34N4O5/c1-25(2,3)29(24(32)33)14-18(23(31)34-4)19-16(11-12-26-21(19)29)13-27-20(15-9-10-15)22(30)28-17-7-5-6-8-17/h11-12,14-15,17,20,27H,5-10,13H2,1-4H3,(H-,28,30,32,33)/p+1/t20-,29?/m1/s1. The number of hydrogen-bond acceptors (Lipinski definition) is 6. The van der Waals surface area contributed by atoms with Crippen molar-refractivity contribution in [2.45, 2.75) is 83.5 Å². The van der Waals surface area contributed by atoms with Crippen LogP contribution in [0, 0.1) is 5.92 Å². The van der Waals surface area contributed by atoms with E-state index in [1.807, 2.05) is 0 Å². The van der Waals surface area contributed by atoms with Crippen molar-refractivity contribution in [2.75, 3.05) is 7.11 Å². The van der Waals surface area contributed by atoms with Crippen molar-refractivity contribution in [3.63, 3.8) is 0 Å². The van der Waals surface area contributed by atoms with Crippen LogP contribution in [0.2, 0.25) is 0 Å². The first-order chi connectivity index (χ1) is 16.1. The van der Waals surface area contributed by atoms with Crippen LogP contribution in [0.1, 0.15) is 70.4 Å². The number of aromatic nitrogens is 1. The van der Waals surface area contributed by atoms with Crippen LogP contribution < -0.4 is 15.1 Å². The van der Waals surface area contributed by atoms with Gasteiger partial charge in [0.25, 0.3) is 5.82 Å². The minimum absolute atomic E-state index is 0.0224. The van der Waals surface area contributed by atoms with E-state index in [9.17, 15) is 19.5 Å². The van der Waals surface area contributed by atoms with E-state index in [-0.39, 0.29) is 35.3 Å². The lowest BCUT2D eigenvalue weighted by molar-refractivity contribution is -0.133. The van der Waals surface area contributed by atoms with Gasteiger partial charge in [-0.2, -0.15) is 4.79 Å². The van der Waals surface area contributed by atoms with Crippen molar-refractivity contribution in [1.82, 2.24) is 20.1 Å². The molecule has 34 heavy (non-hydrogen) atoms. The molecule has 1 aromatic rings. The summed E-state index contributed by atoms with van der Waals surface area (Å²) in [5, 5.41) is 16.9. The number of nitrogens with zero attached hydrogens (tertiary/aromatic N) is 2. The SMILES string of the molecule is COC(=O)C1=C[N+](C(=O)O)(C(C)(C)C)c2nccc(CN[C@@H](C(=O)NC3CCCC3)C3CC3)c21. The number of quaternary nitrogens is 1. The maximum Gasteiger partial charge on any atom is 0.525 e. The van der Waals surface area contributed by atoms with Crippen molar-refractivity contribution >= 4 is 29.4 Å². The lowest BCUT2D eigenvalue weighted by Crippen LogP contribution is -2.60. The van der Waals surface area contributed by atoms with E-state index in [4.69, 9.17) is 4.74 Å². The van der Waals surface area contributed by atoms with E-state index in [0.717, 1.165) is 38.5 Å². The van der Waals surface area contributed by atoms with Crippen molar-refractivity contribution in [1.29, 1.82) is 0 Å². The van der Waals surface area contributed by atoms with Crippen LogP contribution in [0.5, 0.6) is 0 Å². The van der Waals surface area contributed by atoms with Gasteiger partial charge in [-0.15, -0.1) is 4.48 Å². The number of pyridine rings is 1. The normalized spacial score (nSPS) is 23.2. The fourth-order valence-corrected chi connectivity index (χ4v) is 5.21. The summed E-state index contributed by atoms with van der Waals surface area (Å²) in [7, 11) is 1.28. The molecule has 3 N–H and O–H groups in total. The molecule has 2 fully saturated rings. The van der Waals surface area contributed by atoms with E-state index in [1.54, 1.807) is 33.0 Å². The lowest BCUT2D eigenvalue weighted by atomic mass is 10.0. The summed E-state index contributed by atoms with van der Waals surface area (Å²) in [5.74, 6) is -0.0265. The van der Waals surface area contributed by atoms with Gasteiger partial charge in [-0.25, -0.2) is 9.78 Å². The van der Waals surface area contributed by atoms with Crippen LogP contribution in [0.4, 0.5) is 10.6 Å². The summed E-state index contributed by atoms with van der Waals surface area (Å²) in [6, 6.07) is 1.69. The number of amides is 2. The monoisotopic (exact) mass is 471 g/mol. The maximum absolute atomic E-state index is 13.0. The van der Waals surface area contributed by atoms with E-state index in [2.05, 4.69) is 15.6 Å². The molecular formula is C25H35N4O5+. The number of rotatable bonds is 7. The molecule has 1 aliphatic heterocycles. The Morgan fingerprint density at radius 1 is 1.21 bits per heavy atom. The largest absolute Gasteiger partial charge is 0.525 e. The first-order valence-corrected chi connectivity index (χ1v) is 12.1. The van der Waals surface area contributed by atoms with Crippen molar-refractivity contribution in [3.8, 4) is 0 Å². The predicted molar refractivity (Wildman–Crippen MR) is 128 cm³/mol. The summed E-state index contributed by atoms with van der Waals surface area (Å²) in [5.41, 5.74) is 0.544. The molecule has 9 nitrogen and oxygen atoms in total. The van der Waals surface area contributed by atoms with Gasteiger partial charge in [0.1, 0.15) is 17.3 Å². The summed E-state index contributed by atoms with van der Waals surface area (Å²) < 4.78 is 4.38. The summed E-state index contributed by atoms with van der Waals surface area (Å²) in [6.45, 7) is 5.70. The quantitative estimate of drug-likeness (QED) is 0.412. The predicted octanol–water partition coefficient (Wildman–Crippen LogP) is 3.32. The third-order valence-electron chi connectivity index (χ3n) is 7.30. The van der Waals surface area contributed by atoms with Gasteiger partial charge < -0.3 is 20.5 Å². The second-order valence-corrected chi connectivity index (χ2v) is 10.6. The minimum atomic E-state index is -1.13. The fourth-order valence-electron chi connectivity index (χ4n) is 5.21. The Morgan fingerprint density at radius 2 is 1.88 bits per heavy atom. The number of carbonyl (C=O) groups is 3. The molecule has 2 aliphatic carbocycles. The minimum Gasteiger partial charge on any atom is -0.465 e. The molecule has 1 unspecified atom stereocenters. The Hall–Kier alpha value is -2.78. The highest BCUT2D eigenvalue weighted by Gasteiger charge is 2.57. The molecule has 0 aromatic carbocycles. The third-order valence-corrected chi connectivity index (χ3v) is 7.30. The zero-order valence-corrected chi connectivity index (χ0v) is 20.4. The van der Waals surface area contributed by atoms with Gasteiger partial charge in [0, 0.05) is 18.8 Å². The molecule has 3 aliphatic rings. The fraction of sp³-hybridized carbons (Fsp3) is 0.600. The van der Waals surface area contributed by atoms with Gasteiger partial charge in [-0.05, 0) is 64.0 Å². The zero-order chi connectivity index (χ0) is 24.7. The van der Waals surface area contributed by atoms with E-state index in [0.29, 0.717) is 17.7 Å². The zero-order valence-electron chi connectivity index (χ0n) is 20.4. The number of nitrogens with one attached hydrogen (secondary N) is 2. The van der Waals surface area contributed by atoms with E-state index >= 15 is 0 Å². The van der Waals surface area contributed by atoms with Gasteiger partial charge in [0.05, 0.1) is 18.7 Å². The lowest BCUT2D eigenvalue weighted by Gasteiger charge is -2.37. The number of carboxylic acid groups (broad SMARTS) is 1. The second-order valence-electron chi connectivity index (χ2n) is 10.6. The first-order valence-electron chi connectivity index (χ1n) is 12.1. The van der Waals surface area contributed by atoms with E-state index in [1.165, 1.54) is 13.3 Å². The molecule has 1 aromatic heterocycles. The topological polar surface area (TPSA) is 118 Å².